The van der Waals surface area contributed by atoms with Gasteiger partial charge in [-0.2, -0.15) is 0 Å². The second-order valence-electron chi connectivity index (χ2n) is 8.20. The van der Waals surface area contributed by atoms with Crippen LogP contribution in [0.1, 0.15) is 40.2 Å². The van der Waals surface area contributed by atoms with Gasteiger partial charge in [-0.1, -0.05) is 6.07 Å². The number of halogens is 1. The van der Waals surface area contributed by atoms with Crippen molar-refractivity contribution in [3.63, 3.8) is 0 Å². The molecule has 2 aromatic rings. The average Bonchev–Trinajstić information content (AvgIpc) is 3.33. The Morgan fingerprint density at radius 3 is 2.45 bits per heavy atom. The molecule has 2 aliphatic heterocycles. The van der Waals surface area contributed by atoms with Crippen molar-refractivity contribution in [2.24, 2.45) is 5.92 Å². The van der Waals surface area contributed by atoms with Gasteiger partial charge in [0.1, 0.15) is 5.82 Å². The second kappa shape index (κ2) is 8.38. The molecular formula is C23H29FN2O3. The highest BCUT2D eigenvalue weighted by molar-refractivity contribution is 5.99. The van der Waals surface area contributed by atoms with Crippen molar-refractivity contribution >= 4 is 5.78 Å². The molecule has 5 nitrogen and oxygen atoms in total. The van der Waals surface area contributed by atoms with Crippen molar-refractivity contribution in [2.45, 2.75) is 39.9 Å². The third-order valence-electron chi connectivity index (χ3n) is 6.18. The summed E-state index contributed by atoms with van der Waals surface area (Å²) in [5.74, 6) is 0.301. The Bertz CT molecular complexity index is 894. The predicted molar refractivity (Wildman–Crippen MR) is 109 cm³/mol. The fourth-order valence-corrected chi connectivity index (χ4v) is 4.48. The highest BCUT2D eigenvalue weighted by Crippen LogP contribution is 2.27. The predicted octanol–water partition coefficient (Wildman–Crippen LogP) is 3.81. The maximum Gasteiger partial charge on any atom is 0.178 e. The van der Waals surface area contributed by atoms with Gasteiger partial charge < -0.3 is 14.0 Å². The molecule has 0 radical (unpaired) electrons. The molecule has 0 bridgehead atoms. The summed E-state index contributed by atoms with van der Waals surface area (Å²) in [5, 5.41) is 0. The van der Waals surface area contributed by atoms with Crippen LogP contribution in [-0.2, 0) is 9.47 Å². The number of ether oxygens (including phenoxy) is 2. The first kappa shape index (κ1) is 20.3. The number of aromatic nitrogens is 1. The zero-order valence-corrected chi connectivity index (χ0v) is 17.4. The lowest BCUT2D eigenvalue weighted by atomic mass is 9.96. The standard InChI is InChI=1S/C23H29FN2O3/c1-15-4-5-19(13-21(15)24)26-16(2)12-20(17(26)3)22(27)14-25-8-6-18(7-9-25)23-28-10-11-29-23/h4-5,12-13,18,23H,6-11,14H2,1-3H3. The number of aryl methyl sites for hydroxylation is 2. The minimum absolute atomic E-state index is 0.0679. The fraction of sp³-hybridized carbons (Fsp3) is 0.522. The maximum atomic E-state index is 14.0. The molecule has 0 saturated carbocycles. The first-order chi connectivity index (χ1) is 13.9. The molecule has 3 heterocycles. The number of rotatable bonds is 5. The lowest BCUT2D eigenvalue weighted by Gasteiger charge is -2.33. The van der Waals surface area contributed by atoms with Crippen LogP contribution in [0.15, 0.2) is 24.3 Å². The Balaban J connectivity index is 1.43. The Hall–Kier alpha value is -2.02. The number of carbonyl (C=O) groups excluding carboxylic acids is 1. The molecule has 0 amide bonds. The maximum absolute atomic E-state index is 14.0. The van der Waals surface area contributed by atoms with E-state index in [0.29, 0.717) is 36.8 Å². The van der Waals surface area contributed by atoms with Crippen molar-refractivity contribution in [3.8, 4) is 5.69 Å². The molecule has 2 aliphatic rings. The van der Waals surface area contributed by atoms with Crippen LogP contribution in [0.2, 0.25) is 0 Å². The summed E-state index contributed by atoms with van der Waals surface area (Å²) in [6.07, 6.45) is 1.90. The topological polar surface area (TPSA) is 43.7 Å². The van der Waals surface area contributed by atoms with Crippen LogP contribution in [-0.4, -0.2) is 54.4 Å². The van der Waals surface area contributed by atoms with E-state index in [1.807, 2.05) is 30.5 Å². The van der Waals surface area contributed by atoms with Crippen molar-refractivity contribution in [2.75, 3.05) is 32.8 Å². The molecule has 4 rings (SSSR count). The van der Waals surface area contributed by atoms with Gasteiger partial charge in [-0.3, -0.25) is 9.69 Å². The molecule has 1 aromatic carbocycles. The van der Waals surface area contributed by atoms with Gasteiger partial charge in [0.05, 0.1) is 19.8 Å². The zero-order valence-electron chi connectivity index (χ0n) is 17.4. The van der Waals surface area contributed by atoms with E-state index in [0.717, 1.165) is 43.0 Å². The Morgan fingerprint density at radius 2 is 1.79 bits per heavy atom. The highest BCUT2D eigenvalue weighted by Gasteiger charge is 2.31. The largest absolute Gasteiger partial charge is 0.350 e. The van der Waals surface area contributed by atoms with Gasteiger partial charge >= 0.3 is 0 Å². The van der Waals surface area contributed by atoms with Gasteiger partial charge in [0.2, 0.25) is 0 Å². The lowest BCUT2D eigenvalue weighted by molar-refractivity contribution is -0.0968. The van der Waals surface area contributed by atoms with Crippen LogP contribution in [0.4, 0.5) is 4.39 Å². The van der Waals surface area contributed by atoms with Crippen molar-refractivity contribution in [1.82, 2.24) is 9.47 Å². The number of piperidine rings is 1. The Labute approximate surface area is 171 Å². The molecule has 0 atom stereocenters. The number of ketones is 1. The quantitative estimate of drug-likeness (QED) is 0.716. The van der Waals surface area contributed by atoms with Crippen LogP contribution in [0.5, 0.6) is 0 Å². The van der Waals surface area contributed by atoms with E-state index in [1.54, 1.807) is 13.0 Å². The van der Waals surface area contributed by atoms with Crippen LogP contribution in [0.3, 0.4) is 0 Å². The van der Waals surface area contributed by atoms with E-state index in [-0.39, 0.29) is 17.9 Å². The molecular weight excluding hydrogens is 371 g/mol. The third-order valence-corrected chi connectivity index (χ3v) is 6.18. The van der Waals surface area contributed by atoms with Crippen LogP contribution in [0, 0.1) is 32.5 Å². The number of carbonyl (C=O) groups is 1. The van der Waals surface area contributed by atoms with Gasteiger partial charge in [-0.15, -0.1) is 0 Å². The second-order valence-corrected chi connectivity index (χ2v) is 8.20. The number of benzene rings is 1. The van der Waals surface area contributed by atoms with Gasteiger partial charge in [0.25, 0.3) is 0 Å². The van der Waals surface area contributed by atoms with Crippen LogP contribution >= 0.6 is 0 Å². The van der Waals surface area contributed by atoms with E-state index < -0.39 is 0 Å². The molecule has 6 heteroatoms. The minimum atomic E-state index is -0.235. The van der Waals surface area contributed by atoms with Gasteiger partial charge in [0.15, 0.2) is 12.1 Å². The SMILES string of the molecule is Cc1ccc(-n2c(C)cc(C(=O)CN3CCC(C4OCCO4)CC3)c2C)cc1F. The van der Waals surface area contributed by atoms with Gasteiger partial charge in [-0.05, 0) is 70.5 Å². The summed E-state index contributed by atoms with van der Waals surface area (Å²) in [6, 6.07) is 7.11. The summed E-state index contributed by atoms with van der Waals surface area (Å²) in [5.41, 5.74) is 3.87. The van der Waals surface area contributed by atoms with E-state index >= 15 is 0 Å². The molecule has 0 aliphatic carbocycles. The molecule has 156 valence electrons. The van der Waals surface area contributed by atoms with E-state index in [2.05, 4.69) is 4.90 Å². The van der Waals surface area contributed by atoms with E-state index in [9.17, 15) is 9.18 Å². The monoisotopic (exact) mass is 400 g/mol. The first-order valence-corrected chi connectivity index (χ1v) is 10.4. The number of Topliss-reactive ketones (excluding diaryl/α,β-unsaturated/α-hetero) is 1. The molecule has 0 unspecified atom stereocenters. The fourth-order valence-electron chi connectivity index (χ4n) is 4.48. The normalized spacial score (nSPS) is 19.2. The smallest absolute Gasteiger partial charge is 0.178 e. The van der Waals surface area contributed by atoms with Crippen molar-refractivity contribution in [1.29, 1.82) is 0 Å². The zero-order chi connectivity index (χ0) is 20.5. The summed E-state index contributed by atoms with van der Waals surface area (Å²) in [6.45, 7) is 9.16. The lowest BCUT2D eigenvalue weighted by Crippen LogP contribution is -2.40. The summed E-state index contributed by atoms with van der Waals surface area (Å²) in [4.78, 5) is 15.2. The van der Waals surface area contributed by atoms with E-state index in [1.165, 1.54) is 6.07 Å². The molecule has 0 spiro atoms. The first-order valence-electron chi connectivity index (χ1n) is 10.4. The third kappa shape index (κ3) is 4.15. The van der Waals surface area contributed by atoms with Crippen molar-refractivity contribution in [3.05, 3.63) is 52.6 Å². The minimum Gasteiger partial charge on any atom is -0.350 e. The molecule has 1 aromatic heterocycles. The number of likely N-dealkylation sites (tertiary alicyclic amines) is 1. The summed E-state index contributed by atoms with van der Waals surface area (Å²) < 4.78 is 27.3. The molecule has 0 N–H and O–H groups in total. The number of hydrogen-bond donors (Lipinski definition) is 0. The van der Waals surface area contributed by atoms with Crippen LogP contribution in [0.25, 0.3) is 5.69 Å². The average molecular weight is 400 g/mol. The molecule has 29 heavy (non-hydrogen) atoms. The Kier molecular flexibility index (Phi) is 5.86. The highest BCUT2D eigenvalue weighted by atomic mass is 19.1. The summed E-state index contributed by atoms with van der Waals surface area (Å²) in [7, 11) is 0. The van der Waals surface area contributed by atoms with E-state index in [4.69, 9.17) is 9.47 Å². The van der Waals surface area contributed by atoms with Crippen molar-refractivity contribution < 1.29 is 18.7 Å². The Morgan fingerprint density at radius 1 is 1.10 bits per heavy atom. The number of hydrogen-bond acceptors (Lipinski definition) is 4. The van der Waals surface area contributed by atoms with Gasteiger partial charge in [0, 0.05) is 28.6 Å². The molecule has 2 saturated heterocycles. The summed E-state index contributed by atoms with van der Waals surface area (Å²) >= 11 is 0. The molecule has 2 fully saturated rings. The number of nitrogens with zero attached hydrogens (tertiary/aromatic N) is 2. The van der Waals surface area contributed by atoms with Gasteiger partial charge in [-0.25, -0.2) is 4.39 Å². The van der Waals surface area contributed by atoms with Crippen LogP contribution < -0.4 is 0 Å².